The molecule has 0 spiro atoms. The van der Waals surface area contributed by atoms with Crippen molar-refractivity contribution in [1.29, 1.82) is 0 Å². The normalized spacial score (nSPS) is 12.4. The van der Waals surface area contributed by atoms with Gasteiger partial charge >= 0.3 is 0 Å². The van der Waals surface area contributed by atoms with Crippen molar-refractivity contribution < 1.29 is 9.47 Å². The predicted octanol–water partition coefficient (Wildman–Crippen LogP) is 3.51. The molecule has 19 heavy (non-hydrogen) atoms. The zero-order chi connectivity index (χ0) is 13.9. The van der Waals surface area contributed by atoms with Crippen LogP contribution in [0.4, 0.5) is 0 Å². The second kappa shape index (κ2) is 10.1. The Morgan fingerprint density at radius 1 is 1.11 bits per heavy atom. The topological polar surface area (TPSA) is 30.5 Å². The van der Waals surface area contributed by atoms with E-state index in [1.807, 2.05) is 24.3 Å². The molecule has 0 bridgehead atoms. The van der Waals surface area contributed by atoms with Gasteiger partial charge in [0.1, 0.15) is 12.4 Å². The quantitative estimate of drug-likeness (QED) is 0.667. The van der Waals surface area contributed by atoms with E-state index in [1.54, 1.807) is 0 Å². The van der Waals surface area contributed by atoms with Gasteiger partial charge in [0, 0.05) is 11.6 Å². The fourth-order valence-electron chi connectivity index (χ4n) is 1.61. The molecule has 3 nitrogen and oxygen atoms in total. The summed E-state index contributed by atoms with van der Waals surface area (Å²) in [6.45, 7) is 7.32. The molecule has 1 unspecified atom stereocenters. The summed E-state index contributed by atoms with van der Waals surface area (Å²) in [7, 11) is 0. The molecule has 0 amide bonds. The van der Waals surface area contributed by atoms with E-state index in [-0.39, 0.29) is 6.04 Å². The van der Waals surface area contributed by atoms with Crippen molar-refractivity contribution in [2.75, 3.05) is 26.4 Å². The monoisotopic (exact) mass is 285 g/mol. The van der Waals surface area contributed by atoms with Crippen molar-refractivity contribution in [2.45, 2.75) is 32.7 Å². The van der Waals surface area contributed by atoms with Crippen LogP contribution in [-0.2, 0) is 4.74 Å². The van der Waals surface area contributed by atoms with Crippen molar-refractivity contribution >= 4 is 11.6 Å². The zero-order valence-corrected chi connectivity index (χ0v) is 12.6. The maximum atomic E-state index is 5.84. The third kappa shape index (κ3) is 7.41. The number of hydrogen-bond donors (Lipinski definition) is 1. The summed E-state index contributed by atoms with van der Waals surface area (Å²) in [6.07, 6.45) is 2.14. The van der Waals surface area contributed by atoms with Crippen LogP contribution in [0.5, 0.6) is 5.75 Å². The molecule has 0 aliphatic heterocycles. The van der Waals surface area contributed by atoms with Crippen LogP contribution in [0.3, 0.4) is 0 Å². The Balaban J connectivity index is 2.35. The van der Waals surface area contributed by atoms with Crippen LogP contribution in [0.15, 0.2) is 24.3 Å². The van der Waals surface area contributed by atoms with Crippen LogP contribution < -0.4 is 10.1 Å². The molecule has 0 fully saturated rings. The molecular weight excluding hydrogens is 262 g/mol. The largest absolute Gasteiger partial charge is 0.492 e. The molecular formula is C15H24ClNO2. The lowest BCUT2D eigenvalue weighted by atomic mass is 10.3. The summed E-state index contributed by atoms with van der Waals surface area (Å²) < 4.78 is 11.3. The number of benzene rings is 1. The molecule has 1 atom stereocenters. The maximum Gasteiger partial charge on any atom is 0.119 e. The van der Waals surface area contributed by atoms with Crippen molar-refractivity contribution in [3.8, 4) is 5.75 Å². The summed E-state index contributed by atoms with van der Waals surface area (Å²) in [4.78, 5) is 0. The average molecular weight is 286 g/mol. The van der Waals surface area contributed by atoms with Gasteiger partial charge in [-0.05, 0) is 43.7 Å². The molecule has 0 saturated heterocycles. The zero-order valence-electron chi connectivity index (χ0n) is 11.8. The highest BCUT2D eigenvalue weighted by atomic mass is 35.5. The predicted molar refractivity (Wildman–Crippen MR) is 80.1 cm³/mol. The van der Waals surface area contributed by atoms with Crippen LogP contribution in [0.2, 0.25) is 5.02 Å². The minimum atomic E-state index is 0.224. The molecule has 0 radical (unpaired) electrons. The van der Waals surface area contributed by atoms with Gasteiger partial charge in [-0.2, -0.15) is 0 Å². The van der Waals surface area contributed by atoms with Crippen molar-refractivity contribution in [2.24, 2.45) is 0 Å². The first-order valence-electron chi connectivity index (χ1n) is 6.95. The van der Waals surface area contributed by atoms with Gasteiger partial charge in [-0.3, -0.25) is 0 Å². The van der Waals surface area contributed by atoms with E-state index in [0.29, 0.717) is 13.2 Å². The minimum Gasteiger partial charge on any atom is -0.492 e. The van der Waals surface area contributed by atoms with Crippen LogP contribution >= 0.6 is 11.6 Å². The van der Waals surface area contributed by atoms with Crippen molar-refractivity contribution in [3.05, 3.63) is 29.3 Å². The van der Waals surface area contributed by atoms with E-state index in [1.165, 1.54) is 0 Å². The van der Waals surface area contributed by atoms with Gasteiger partial charge in [0.15, 0.2) is 0 Å². The Hall–Kier alpha value is -0.770. The Labute approximate surface area is 121 Å². The number of nitrogens with one attached hydrogen (secondary N) is 1. The molecule has 108 valence electrons. The maximum absolute atomic E-state index is 5.84. The van der Waals surface area contributed by atoms with Gasteiger partial charge in [0.05, 0.1) is 12.6 Å². The van der Waals surface area contributed by atoms with Crippen LogP contribution in [0.25, 0.3) is 0 Å². The van der Waals surface area contributed by atoms with Crippen molar-refractivity contribution in [1.82, 2.24) is 5.32 Å². The minimum absolute atomic E-state index is 0.224. The number of halogens is 1. The van der Waals surface area contributed by atoms with Crippen LogP contribution in [0.1, 0.15) is 26.7 Å². The smallest absolute Gasteiger partial charge is 0.119 e. The van der Waals surface area contributed by atoms with Gasteiger partial charge in [-0.1, -0.05) is 25.4 Å². The SMILES string of the molecule is CCCNC(COCCC)COc1ccc(Cl)cc1. The standard InChI is InChI=1S/C15H24ClNO2/c1-3-9-17-14(11-18-10-4-2)12-19-15-7-5-13(16)6-8-15/h5-8,14,17H,3-4,9-12H2,1-2H3. The lowest BCUT2D eigenvalue weighted by Crippen LogP contribution is -2.39. The first kappa shape index (κ1) is 16.3. The molecule has 4 heteroatoms. The summed E-state index contributed by atoms with van der Waals surface area (Å²) >= 11 is 5.84. The molecule has 0 aliphatic carbocycles. The van der Waals surface area contributed by atoms with Crippen LogP contribution in [0, 0.1) is 0 Å². The summed E-state index contributed by atoms with van der Waals surface area (Å²) in [5, 5.41) is 4.16. The van der Waals surface area contributed by atoms with E-state index in [0.717, 1.165) is 36.8 Å². The van der Waals surface area contributed by atoms with Crippen LogP contribution in [-0.4, -0.2) is 32.4 Å². The lowest BCUT2D eigenvalue weighted by Gasteiger charge is -2.19. The third-order valence-electron chi connectivity index (χ3n) is 2.62. The Morgan fingerprint density at radius 2 is 1.84 bits per heavy atom. The molecule has 0 aromatic heterocycles. The molecule has 0 aliphatic rings. The fraction of sp³-hybridized carbons (Fsp3) is 0.600. The second-order valence-corrected chi connectivity index (χ2v) is 4.93. The summed E-state index contributed by atoms with van der Waals surface area (Å²) in [6, 6.07) is 7.65. The highest BCUT2D eigenvalue weighted by Gasteiger charge is 2.09. The lowest BCUT2D eigenvalue weighted by molar-refractivity contribution is 0.0938. The Bertz CT molecular complexity index is 329. The van der Waals surface area contributed by atoms with E-state index >= 15 is 0 Å². The fourth-order valence-corrected chi connectivity index (χ4v) is 1.74. The van der Waals surface area contributed by atoms with E-state index in [2.05, 4.69) is 19.2 Å². The van der Waals surface area contributed by atoms with Crippen molar-refractivity contribution in [3.63, 3.8) is 0 Å². The van der Waals surface area contributed by atoms with E-state index in [4.69, 9.17) is 21.1 Å². The molecule has 1 aromatic carbocycles. The second-order valence-electron chi connectivity index (χ2n) is 4.49. The van der Waals surface area contributed by atoms with Gasteiger partial charge in [-0.15, -0.1) is 0 Å². The number of rotatable bonds is 10. The molecule has 0 heterocycles. The number of hydrogen-bond acceptors (Lipinski definition) is 3. The Kier molecular flexibility index (Phi) is 8.63. The van der Waals surface area contributed by atoms with E-state index < -0.39 is 0 Å². The highest BCUT2D eigenvalue weighted by Crippen LogP contribution is 2.15. The average Bonchev–Trinajstić information content (AvgIpc) is 2.43. The van der Waals surface area contributed by atoms with Gasteiger partial charge in [-0.25, -0.2) is 0 Å². The molecule has 1 rings (SSSR count). The highest BCUT2D eigenvalue weighted by molar-refractivity contribution is 6.30. The molecule has 1 aromatic rings. The van der Waals surface area contributed by atoms with Gasteiger partial charge in [0.2, 0.25) is 0 Å². The molecule has 0 saturated carbocycles. The number of ether oxygens (including phenoxy) is 2. The first-order chi connectivity index (χ1) is 9.26. The summed E-state index contributed by atoms with van der Waals surface area (Å²) in [5.74, 6) is 0.836. The first-order valence-corrected chi connectivity index (χ1v) is 7.33. The third-order valence-corrected chi connectivity index (χ3v) is 2.87. The Morgan fingerprint density at radius 3 is 2.47 bits per heavy atom. The molecule has 1 N–H and O–H groups in total. The van der Waals surface area contributed by atoms with Gasteiger partial charge in [0.25, 0.3) is 0 Å². The summed E-state index contributed by atoms with van der Waals surface area (Å²) in [5.41, 5.74) is 0. The van der Waals surface area contributed by atoms with Gasteiger partial charge < -0.3 is 14.8 Å². The van der Waals surface area contributed by atoms with E-state index in [9.17, 15) is 0 Å².